The van der Waals surface area contributed by atoms with Gasteiger partial charge in [0, 0.05) is 6.92 Å². The minimum absolute atomic E-state index is 0.155. The van der Waals surface area contributed by atoms with E-state index in [1.165, 1.54) is 28.1 Å². The molecule has 0 unspecified atom stereocenters. The van der Waals surface area contributed by atoms with Gasteiger partial charge in [0.2, 0.25) is 0 Å². The quantitative estimate of drug-likeness (QED) is 0.454. The Kier molecular flexibility index (Phi) is 2.49. The third-order valence-electron chi connectivity index (χ3n) is 2.17. The highest BCUT2D eigenvalue weighted by atomic mass is 16.4. The summed E-state index contributed by atoms with van der Waals surface area (Å²) in [5.41, 5.74) is -1.79. The van der Waals surface area contributed by atoms with Crippen LogP contribution in [0.5, 0.6) is 0 Å². The number of carboxylic acid groups (broad SMARTS) is 2. The van der Waals surface area contributed by atoms with Gasteiger partial charge in [-0.1, -0.05) is 0 Å². The minimum Gasteiger partial charge on any atom is -0.476 e. The van der Waals surface area contributed by atoms with Gasteiger partial charge in [-0.25, -0.2) is 9.59 Å². The molecule has 0 aromatic heterocycles. The van der Waals surface area contributed by atoms with E-state index in [1.807, 2.05) is 0 Å². The number of rotatable bonds is 3. The standard InChI is InChI=1S/C7H13NO4/c1-7(5(9)10,6(11)12)8(2,3)4/h1-4H3,(H-,9,10,11,12)/p+1. The van der Waals surface area contributed by atoms with Gasteiger partial charge in [0.1, 0.15) is 0 Å². The highest BCUT2D eigenvalue weighted by Gasteiger charge is 2.53. The third-order valence-corrected chi connectivity index (χ3v) is 2.17. The molecule has 12 heavy (non-hydrogen) atoms. The van der Waals surface area contributed by atoms with Crippen LogP contribution in [-0.2, 0) is 9.59 Å². The van der Waals surface area contributed by atoms with E-state index in [9.17, 15) is 9.59 Å². The first kappa shape index (κ1) is 10.9. The monoisotopic (exact) mass is 176 g/mol. The van der Waals surface area contributed by atoms with Crippen molar-refractivity contribution in [2.24, 2.45) is 0 Å². The van der Waals surface area contributed by atoms with Gasteiger partial charge in [-0.2, -0.15) is 0 Å². The summed E-state index contributed by atoms with van der Waals surface area (Å²) in [6.45, 7) is 1.19. The second-order valence-corrected chi connectivity index (χ2v) is 3.69. The summed E-state index contributed by atoms with van der Waals surface area (Å²) in [6.07, 6.45) is 0. The van der Waals surface area contributed by atoms with Gasteiger partial charge in [-0.15, -0.1) is 0 Å². The van der Waals surface area contributed by atoms with Crippen LogP contribution in [-0.4, -0.2) is 53.3 Å². The molecule has 0 aromatic rings. The molecule has 0 aliphatic carbocycles. The van der Waals surface area contributed by atoms with E-state index >= 15 is 0 Å². The zero-order valence-electron chi connectivity index (χ0n) is 7.66. The molecule has 0 radical (unpaired) electrons. The van der Waals surface area contributed by atoms with Gasteiger partial charge in [0.15, 0.2) is 0 Å². The fourth-order valence-electron chi connectivity index (χ4n) is 0.665. The van der Waals surface area contributed by atoms with Crippen LogP contribution in [0.15, 0.2) is 0 Å². The lowest BCUT2D eigenvalue weighted by Crippen LogP contribution is -2.64. The van der Waals surface area contributed by atoms with Gasteiger partial charge >= 0.3 is 11.9 Å². The predicted octanol–water partition coefficient (Wildman–Crippen LogP) is -0.379. The Morgan fingerprint density at radius 2 is 1.33 bits per heavy atom. The number of nitrogens with zero attached hydrogens (tertiary/aromatic N) is 1. The lowest BCUT2D eigenvalue weighted by Gasteiger charge is -2.36. The number of carboxylic acids is 2. The molecule has 2 N–H and O–H groups in total. The normalized spacial score (nSPS) is 12.7. The van der Waals surface area contributed by atoms with Crippen molar-refractivity contribution in [1.82, 2.24) is 0 Å². The topological polar surface area (TPSA) is 74.6 Å². The van der Waals surface area contributed by atoms with Gasteiger partial charge < -0.3 is 14.7 Å². The van der Waals surface area contributed by atoms with Crippen molar-refractivity contribution in [2.75, 3.05) is 21.1 Å². The molecule has 0 saturated carbocycles. The zero-order valence-corrected chi connectivity index (χ0v) is 7.66. The lowest BCUT2D eigenvalue weighted by atomic mass is 9.99. The summed E-state index contributed by atoms with van der Waals surface area (Å²) in [5.74, 6) is -2.66. The summed E-state index contributed by atoms with van der Waals surface area (Å²) in [4.78, 5) is 21.4. The van der Waals surface area contributed by atoms with Crippen molar-refractivity contribution >= 4 is 11.9 Å². The van der Waals surface area contributed by atoms with Crippen molar-refractivity contribution in [1.29, 1.82) is 0 Å². The SMILES string of the molecule is CC(C(=O)O)(C(=O)O)[N+](C)(C)C. The Bertz CT molecular complexity index is 202. The van der Waals surface area contributed by atoms with Crippen molar-refractivity contribution < 1.29 is 24.3 Å². The predicted molar refractivity (Wildman–Crippen MR) is 41.7 cm³/mol. The maximum atomic E-state index is 10.7. The first-order chi connectivity index (χ1) is 5.14. The van der Waals surface area contributed by atoms with Gasteiger partial charge in [0.25, 0.3) is 5.54 Å². The fraction of sp³-hybridized carbons (Fsp3) is 0.714. The molecular formula is C7H14NO4+. The molecule has 0 amide bonds. The fourth-order valence-corrected chi connectivity index (χ4v) is 0.665. The zero-order chi connectivity index (χ0) is 10.2. The van der Waals surface area contributed by atoms with E-state index in [0.717, 1.165) is 0 Å². The second-order valence-electron chi connectivity index (χ2n) is 3.69. The van der Waals surface area contributed by atoms with Crippen molar-refractivity contribution in [3.8, 4) is 0 Å². The van der Waals surface area contributed by atoms with Crippen molar-refractivity contribution in [2.45, 2.75) is 12.5 Å². The average molecular weight is 176 g/mol. The highest BCUT2D eigenvalue weighted by Crippen LogP contribution is 2.18. The third kappa shape index (κ3) is 1.40. The molecule has 5 nitrogen and oxygen atoms in total. The largest absolute Gasteiger partial charge is 0.476 e. The van der Waals surface area contributed by atoms with Crippen LogP contribution >= 0.6 is 0 Å². The first-order valence-electron chi connectivity index (χ1n) is 3.42. The van der Waals surface area contributed by atoms with Gasteiger partial charge in [0.05, 0.1) is 21.1 Å². The number of aliphatic carboxylic acids is 2. The Labute approximate surface area is 70.8 Å². The Balaban J connectivity index is 5.17. The molecule has 5 heteroatoms. The Morgan fingerprint density at radius 1 is 1.08 bits per heavy atom. The molecule has 70 valence electrons. The molecule has 0 aromatic carbocycles. The smallest absolute Gasteiger partial charge is 0.377 e. The van der Waals surface area contributed by atoms with Crippen molar-refractivity contribution in [3.05, 3.63) is 0 Å². The summed E-state index contributed by atoms with van der Waals surface area (Å²) >= 11 is 0. The highest BCUT2D eigenvalue weighted by molar-refractivity contribution is 6.01. The summed E-state index contributed by atoms with van der Waals surface area (Å²) in [5, 5.41) is 17.5. The maximum Gasteiger partial charge on any atom is 0.377 e. The molecule has 0 aliphatic rings. The molecule has 0 fully saturated rings. The second kappa shape index (κ2) is 2.75. The van der Waals surface area contributed by atoms with Gasteiger partial charge in [-0.3, -0.25) is 0 Å². The van der Waals surface area contributed by atoms with E-state index in [-0.39, 0.29) is 4.48 Å². The average Bonchev–Trinajstić information content (AvgIpc) is 1.82. The molecule has 0 spiro atoms. The van der Waals surface area contributed by atoms with E-state index in [0.29, 0.717) is 0 Å². The first-order valence-corrected chi connectivity index (χ1v) is 3.42. The summed E-state index contributed by atoms with van der Waals surface area (Å²) in [6, 6.07) is 0. The number of hydrogen-bond donors (Lipinski definition) is 2. The van der Waals surface area contributed by atoms with Crippen molar-refractivity contribution in [3.63, 3.8) is 0 Å². The van der Waals surface area contributed by atoms with E-state index in [1.54, 1.807) is 0 Å². The molecule has 0 aliphatic heterocycles. The Morgan fingerprint density at radius 3 is 1.33 bits per heavy atom. The molecule has 0 rings (SSSR count). The lowest BCUT2D eigenvalue weighted by molar-refractivity contribution is -0.902. The Hall–Kier alpha value is -1.10. The van der Waals surface area contributed by atoms with E-state index in [4.69, 9.17) is 10.2 Å². The van der Waals surface area contributed by atoms with Crippen LogP contribution in [0, 0.1) is 0 Å². The van der Waals surface area contributed by atoms with Crippen LogP contribution < -0.4 is 0 Å². The maximum absolute atomic E-state index is 10.7. The summed E-state index contributed by atoms with van der Waals surface area (Å²) in [7, 11) is 4.59. The van der Waals surface area contributed by atoms with Crippen LogP contribution in [0.1, 0.15) is 6.92 Å². The molecular weight excluding hydrogens is 162 g/mol. The number of likely N-dealkylation sites (N-methyl/N-ethyl adjacent to an activating group) is 1. The van der Waals surface area contributed by atoms with Crippen LogP contribution in [0.2, 0.25) is 0 Å². The van der Waals surface area contributed by atoms with Crippen LogP contribution in [0.3, 0.4) is 0 Å². The summed E-state index contributed by atoms with van der Waals surface area (Å²) < 4.78 is -0.155. The number of quaternary nitrogens is 1. The molecule has 0 bridgehead atoms. The minimum atomic E-state index is -1.79. The molecule has 0 atom stereocenters. The van der Waals surface area contributed by atoms with Crippen LogP contribution in [0.25, 0.3) is 0 Å². The van der Waals surface area contributed by atoms with E-state index in [2.05, 4.69) is 0 Å². The number of carbonyl (C=O) groups is 2. The molecule has 0 saturated heterocycles. The molecule has 0 heterocycles. The number of hydrogen-bond acceptors (Lipinski definition) is 2. The van der Waals surface area contributed by atoms with Crippen LogP contribution in [0.4, 0.5) is 0 Å². The van der Waals surface area contributed by atoms with Gasteiger partial charge in [-0.05, 0) is 0 Å². The van der Waals surface area contributed by atoms with E-state index < -0.39 is 17.5 Å².